The first-order valence-corrected chi connectivity index (χ1v) is 6.83. The lowest BCUT2D eigenvalue weighted by Gasteiger charge is -2.31. The van der Waals surface area contributed by atoms with E-state index in [1.807, 2.05) is 18.7 Å². The Bertz CT molecular complexity index is 432. The molecule has 0 aliphatic carbocycles. The van der Waals surface area contributed by atoms with E-state index in [0.717, 1.165) is 0 Å². The Morgan fingerprint density at radius 3 is 2.47 bits per heavy atom. The topological polar surface area (TPSA) is 66.6 Å². The average Bonchev–Trinajstić information content (AvgIpc) is 2.42. The van der Waals surface area contributed by atoms with Gasteiger partial charge in [0.2, 0.25) is 0 Å². The van der Waals surface area contributed by atoms with Crippen LogP contribution in [0, 0.1) is 10.1 Å². The quantitative estimate of drug-likeness (QED) is 0.669. The minimum atomic E-state index is -0.424. The van der Waals surface area contributed by atoms with Crippen molar-refractivity contribution >= 4 is 23.0 Å². The molecule has 2 rings (SSSR count). The van der Waals surface area contributed by atoms with Gasteiger partial charge in [-0.15, -0.1) is 0 Å². The summed E-state index contributed by atoms with van der Waals surface area (Å²) in [6.07, 6.45) is 0.915. The Hall–Kier alpha value is -1.33. The second-order valence-corrected chi connectivity index (χ2v) is 4.49. The first kappa shape index (κ1) is 15.7. The van der Waals surface area contributed by atoms with Crippen molar-refractivity contribution in [2.45, 2.75) is 32.8 Å². The van der Waals surface area contributed by atoms with E-state index in [9.17, 15) is 15.2 Å². The van der Waals surface area contributed by atoms with Gasteiger partial charge in [0.15, 0.2) is 0 Å². The highest BCUT2D eigenvalue weighted by Crippen LogP contribution is 2.36. The lowest BCUT2D eigenvalue weighted by Crippen LogP contribution is -2.36. The van der Waals surface area contributed by atoms with Gasteiger partial charge in [-0.1, -0.05) is 31.5 Å². The SMILES string of the molecule is CC.O=[N+]([O-])c1cccc(Cl)c1N1CCC(O)CC1. The van der Waals surface area contributed by atoms with Crippen LogP contribution < -0.4 is 4.90 Å². The molecule has 1 fully saturated rings. The molecule has 1 aliphatic heterocycles. The zero-order valence-corrected chi connectivity index (χ0v) is 11.9. The number of anilines is 1. The van der Waals surface area contributed by atoms with Gasteiger partial charge in [0.05, 0.1) is 16.0 Å². The van der Waals surface area contributed by atoms with Crippen molar-refractivity contribution in [3.05, 3.63) is 33.3 Å². The summed E-state index contributed by atoms with van der Waals surface area (Å²) in [5, 5.41) is 20.8. The van der Waals surface area contributed by atoms with E-state index in [4.69, 9.17) is 11.6 Å². The van der Waals surface area contributed by atoms with E-state index in [1.54, 1.807) is 12.1 Å². The van der Waals surface area contributed by atoms with Crippen LogP contribution in [0.1, 0.15) is 26.7 Å². The van der Waals surface area contributed by atoms with Crippen LogP contribution in [-0.2, 0) is 0 Å². The number of aliphatic hydroxyl groups excluding tert-OH is 1. The second-order valence-electron chi connectivity index (χ2n) is 4.08. The van der Waals surface area contributed by atoms with Crippen LogP contribution in [-0.4, -0.2) is 29.2 Å². The predicted octanol–water partition coefficient (Wildman–Crippen LogP) is 3.24. The number of hydrogen-bond donors (Lipinski definition) is 1. The van der Waals surface area contributed by atoms with Gasteiger partial charge in [0.25, 0.3) is 5.69 Å². The molecule has 0 atom stereocenters. The van der Waals surface area contributed by atoms with Crippen molar-refractivity contribution in [1.29, 1.82) is 0 Å². The molecule has 1 saturated heterocycles. The molecule has 1 heterocycles. The van der Waals surface area contributed by atoms with Crippen molar-refractivity contribution in [1.82, 2.24) is 0 Å². The molecule has 5 nitrogen and oxygen atoms in total. The third-order valence-electron chi connectivity index (χ3n) is 2.94. The molecular weight excluding hydrogens is 268 g/mol. The third kappa shape index (κ3) is 3.81. The van der Waals surface area contributed by atoms with Gasteiger partial charge >= 0.3 is 0 Å². The van der Waals surface area contributed by atoms with E-state index in [1.165, 1.54) is 6.07 Å². The summed E-state index contributed by atoms with van der Waals surface area (Å²) >= 11 is 6.03. The first-order valence-electron chi connectivity index (χ1n) is 6.45. The highest BCUT2D eigenvalue weighted by molar-refractivity contribution is 6.33. The molecule has 6 heteroatoms. The molecule has 0 bridgehead atoms. The van der Waals surface area contributed by atoms with Crippen molar-refractivity contribution < 1.29 is 10.0 Å². The van der Waals surface area contributed by atoms with E-state index < -0.39 is 4.92 Å². The maximum Gasteiger partial charge on any atom is 0.294 e. The second kappa shape index (κ2) is 7.31. The first-order chi connectivity index (χ1) is 9.09. The number of benzene rings is 1. The normalized spacial score (nSPS) is 15.7. The fourth-order valence-corrected chi connectivity index (χ4v) is 2.34. The molecule has 19 heavy (non-hydrogen) atoms. The number of rotatable bonds is 2. The number of nitro groups is 1. The monoisotopic (exact) mass is 286 g/mol. The van der Waals surface area contributed by atoms with Crippen LogP contribution in [0.2, 0.25) is 5.02 Å². The summed E-state index contributed by atoms with van der Waals surface area (Å²) in [4.78, 5) is 12.4. The Morgan fingerprint density at radius 1 is 1.37 bits per heavy atom. The Labute approximate surface area is 117 Å². The van der Waals surface area contributed by atoms with Crippen molar-refractivity contribution in [2.24, 2.45) is 0 Å². The number of nitrogens with zero attached hydrogens (tertiary/aromatic N) is 2. The van der Waals surface area contributed by atoms with Crippen LogP contribution in [0.5, 0.6) is 0 Å². The zero-order chi connectivity index (χ0) is 14.4. The standard InChI is InChI=1S/C11H13ClN2O3.C2H6/c12-9-2-1-3-10(14(16)17)11(9)13-6-4-8(15)5-7-13;1-2/h1-3,8,15H,4-7H2;1-2H3. The summed E-state index contributed by atoms with van der Waals surface area (Å²) in [6, 6.07) is 4.67. The molecule has 0 aromatic heterocycles. The molecule has 1 N–H and O–H groups in total. The lowest BCUT2D eigenvalue weighted by atomic mass is 10.1. The molecule has 1 aromatic carbocycles. The number of nitro benzene ring substituents is 1. The fourth-order valence-electron chi connectivity index (χ4n) is 2.05. The van der Waals surface area contributed by atoms with E-state index in [2.05, 4.69) is 0 Å². The molecule has 0 saturated carbocycles. The van der Waals surface area contributed by atoms with Gasteiger partial charge < -0.3 is 10.0 Å². The third-order valence-corrected chi connectivity index (χ3v) is 3.25. The lowest BCUT2D eigenvalue weighted by molar-refractivity contribution is -0.384. The van der Waals surface area contributed by atoms with Crippen LogP contribution in [0.3, 0.4) is 0 Å². The number of hydrogen-bond acceptors (Lipinski definition) is 4. The van der Waals surface area contributed by atoms with Crippen LogP contribution in [0.15, 0.2) is 18.2 Å². The number of aliphatic hydroxyl groups is 1. The Kier molecular flexibility index (Phi) is 6.05. The molecule has 0 amide bonds. The van der Waals surface area contributed by atoms with E-state index in [0.29, 0.717) is 36.6 Å². The predicted molar refractivity (Wildman–Crippen MR) is 76.9 cm³/mol. The maximum atomic E-state index is 11.0. The minimum Gasteiger partial charge on any atom is -0.393 e. The van der Waals surface area contributed by atoms with Crippen LogP contribution in [0.4, 0.5) is 11.4 Å². The summed E-state index contributed by atoms with van der Waals surface area (Å²) in [5.41, 5.74) is 0.486. The highest BCUT2D eigenvalue weighted by Gasteiger charge is 2.25. The van der Waals surface area contributed by atoms with E-state index >= 15 is 0 Å². The Morgan fingerprint density at radius 2 is 1.95 bits per heavy atom. The molecule has 106 valence electrons. The molecular formula is C13H19ClN2O3. The number of para-hydroxylation sites is 1. The number of piperidine rings is 1. The maximum absolute atomic E-state index is 11.0. The summed E-state index contributed by atoms with van der Waals surface area (Å²) < 4.78 is 0. The highest BCUT2D eigenvalue weighted by atomic mass is 35.5. The molecule has 1 aromatic rings. The molecule has 1 aliphatic rings. The summed E-state index contributed by atoms with van der Waals surface area (Å²) in [6.45, 7) is 5.18. The summed E-state index contributed by atoms with van der Waals surface area (Å²) in [7, 11) is 0. The minimum absolute atomic E-state index is 0.0221. The zero-order valence-electron chi connectivity index (χ0n) is 11.2. The Balaban J connectivity index is 0.000000861. The average molecular weight is 287 g/mol. The largest absolute Gasteiger partial charge is 0.393 e. The van der Waals surface area contributed by atoms with Crippen molar-refractivity contribution in [2.75, 3.05) is 18.0 Å². The molecule has 0 radical (unpaired) electrons. The number of halogens is 1. The fraction of sp³-hybridized carbons (Fsp3) is 0.538. The van der Waals surface area contributed by atoms with Gasteiger partial charge in [-0.25, -0.2) is 0 Å². The van der Waals surface area contributed by atoms with Crippen LogP contribution in [0.25, 0.3) is 0 Å². The van der Waals surface area contributed by atoms with Gasteiger partial charge in [-0.2, -0.15) is 0 Å². The van der Waals surface area contributed by atoms with Crippen LogP contribution >= 0.6 is 11.6 Å². The van der Waals surface area contributed by atoms with Gasteiger partial charge in [-0.3, -0.25) is 10.1 Å². The molecule has 0 unspecified atom stereocenters. The summed E-state index contributed by atoms with van der Waals surface area (Å²) in [5.74, 6) is 0. The van der Waals surface area contributed by atoms with Crippen molar-refractivity contribution in [3.8, 4) is 0 Å². The van der Waals surface area contributed by atoms with E-state index in [-0.39, 0.29) is 11.8 Å². The smallest absolute Gasteiger partial charge is 0.294 e. The molecule has 0 spiro atoms. The van der Waals surface area contributed by atoms with Gasteiger partial charge in [0.1, 0.15) is 5.69 Å². The van der Waals surface area contributed by atoms with Gasteiger partial charge in [0, 0.05) is 19.2 Å². The van der Waals surface area contributed by atoms with Crippen molar-refractivity contribution in [3.63, 3.8) is 0 Å². The van der Waals surface area contributed by atoms with Gasteiger partial charge in [-0.05, 0) is 18.9 Å².